The predicted molar refractivity (Wildman–Crippen MR) is 127 cm³/mol. The van der Waals surface area contributed by atoms with Gasteiger partial charge in [0.2, 0.25) is 0 Å². The second-order valence-corrected chi connectivity index (χ2v) is 9.32. The van der Waals surface area contributed by atoms with Gasteiger partial charge < -0.3 is 14.2 Å². The minimum atomic E-state index is 0.00213. The fourth-order valence-electron chi connectivity index (χ4n) is 4.42. The number of hydrogen-bond donors (Lipinski definition) is 0. The first-order valence-corrected chi connectivity index (χ1v) is 11.9. The van der Waals surface area contributed by atoms with Crippen molar-refractivity contribution >= 4 is 40.3 Å². The molecule has 0 N–H and O–H groups in total. The molecule has 7 heteroatoms. The van der Waals surface area contributed by atoms with Crippen molar-refractivity contribution < 1.29 is 9.53 Å². The van der Waals surface area contributed by atoms with Gasteiger partial charge in [0, 0.05) is 44.3 Å². The van der Waals surface area contributed by atoms with E-state index in [0.717, 1.165) is 42.5 Å². The van der Waals surface area contributed by atoms with Crippen LogP contribution < -0.4 is 4.90 Å². The van der Waals surface area contributed by atoms with Crippen LogP contribution in [0, 0.1) is 0 Å². The summed E-state index contributed by atoms with van der Waals surface area (Å²) < 4.78 is 7.73. The highest BCUT2D eigenvalue weighted by Gasteiger charge is 2.30. The molecular formula is C24H28N4O2S. The number of morpholine rings is 1. The van der Waals surface area contributed by atoms with Crippen LogP contribution in [-0.4, -0.2) is 53.9 Å². The molecule has 2 aromatic rings. The first-order chi connectivity index (χ1) is 15.2. The van der Waals surface area contributed by atoms with Crippen LogP contribution in [0.15, 0.2) is 52.6 Å². The summed E-state index contributed by atoms with van der Waals surface area (Å²) in [6.45, 7) is 3.37. The second-order valence-electron chi connectivity index (χ2n) is 8.32. The molecule has 1 amide bonds. The summed E-state index contributed by atoms with van der Waals surface area (Å²) in [5, 5.41) is 0.714. The van der Waals surface area contributed by atoms with Gasteiger partial charge in [-0.25, -0.2) is 4.99 Å². The molecule has 0 radical (unpaired) electrons. The van der Waals surface area contributed by atoms with Gasteiger partial charge in [-0.15, -0.1) is 0 Å². The number of aliphatic imine (C=N–C) groups is 1. The first kappa shape index (κ1) is 20.4. The number of likely N-dealkylation sites (N-methyl/N-ethyl adjacent to an activating group) is 1. The fraction of sp³-hybridized carbons (Fsp3) is 0.417. The average molecular weight is 437 g/mol. The Kier molecular flexibility index (Phi) is 5.87. The van der Waals surface area contributed by atoms with E-state index in [4.69, 9.17) is 9.73 Å². The van der Waals surface area contributed by atoms with E-state index in [1.165, 1.54) is 43.1 Å². The Balaban J connectivity index is 1.30. The monoisotopic (exact) mass is 436 g/mol. The molecule has 0 unspecified atom stereocenters. The van der Waals surface area contributed by atoms with Crippen LogP contribution in [0.1, 0.15) is 37.3 Å². The molecule has 0 spiro atoms. The number of hydrogen-bond acceptors (Lipinski definition) is 5. The summed E-state index contributed by atoms with van der Waals surface area (Å²) in [6, 6.07) is 10.9. The van der Waals surface area contributed by atoms with Crippen molar-refractivity contribution in [1.29, 1.82) is 0 Å². The maximum Gasteiger partial charge on any atom is 0.266 e. The van der Waals surface area contributed by atoms with Crippen LogP contribution in [0.4, 0.5) is 11.4 Å². The third-order valence-electron chi connectivity index (χ3n) is 6.24. The van der Waals surface area contributed by atoms with Crippen molar-refractivity contribution in [3.63, 3.8) is 0 Å². The van der Waals surface area contributed by atoms with Crippen LogP contribution in [0.2, 0.25) is 0 Å². The lowest BCUT2D eigenvalue weighted by molar-refractivity contribution is -0.121. The van der Waals surface area contributed by atoms with Gasteiger partial charge in [-0.2, -0.15) is 0 Å². The predicted octanol–water partition coefficient (Wildman–Crippen LogP) is 4.67. The van der Waals surface area contributed by atoms with E-state index in [9.17, 15) is 4.79 Å². The van der Waals surface area contributed by atoms with Gasteiger partial charge >= 0.3 is 0 Å². The third kappa shape index (κ3) is 4.43. The number of anilines is 1. The van der Waals surface area contributed by atoms with Crippen molar-refractivity contribution in [1.82, 2.24) is 9.47 Å². The third-order valence-corrected chi connectivity index (χ3v) is 7.30. The lowest BCUT2D eigenvalue weighted by Crippen LogP contribution is -2.36. The number of thioether (sulfide) groups is 1. The number of benzene rings is 1. The molecule has 1 saturated carbocycles. The molecule has 3 fully saturated rings. The number of carbonyl (C=O) groups is 1. The Labute approximate surface area is 187 Å². The smallest absolute Gasteiger partial charge is 0.266 e. The molecule has 5 rings (SSSR count). The van der Waals surface area contributed by atoms with E-state index in [0.29, 0.717) is 11.2 Å². The highest BCUT2D eigenvalue weighted by molar-refractivity contribution is 8.18. The summed E-state index contributed by atoms with van der Waals surface area (Å²) in [5.74, 6) is 0.00213. The molecule has 3 aliphatic rings. The van der Waals surface area contributed by atoms with Crippen molar-refractivity contribution in [2.24, 2.45) is 4.99 Å². The largest absolute Gasteiger partial charge is 0.378 e. The van der Waals surface area contributed by atoms with Crippen LogP contribution in [0.3, 0.4) is 0 Å². The zero-order chi connectivity index (χ0) is 21.2. The topological polar surface area (TPSA) is 50.1 Å². The van der Waals surface area contributed by atoms with Gasteiger partial charge in [0.05, 0.1) is 23.8 Å². The number of rotatable bonds is 4. The molecule has 1 aromatic carbocycles. The van der Waals surface area contributed by atoms with Crippen molar-refractivity contribution in [2.45, 2.75) is 31.7 Å². The lowest BCUT2D eigenvalue weighted by atomic mass is 10.2. The fourth-order valence-corrected chi connectivity index (χ4v) is 5.41. The maximum absolute atomic E-state index is 12.8. The highest BCUT2D eigenvalue weighted by Crippen LogP contribution is 2.34. The quantitative estimate of drug-likeness (QED) is 0.654. The number of amidine groups is 1. The maximum atomic E-state index is 12.8. The molecule has 3 heterocycles. The van der Waals surface area contributed by atoms with Gasteiger partial charge in [-0.05, 0) is 66.6 Å². The van der Waals surface area contributed by atoms with Crippen LogP contribution in [0.25, 0.3) is 6.08 Å². The molecule has 1 aromatic heterocycles. The minimum Gasteiger partial charge on any atom is -0.378 e. The summed E-state index contributed by atoms with van der Waals surface area (Å²) in [7, 11) is 1.79. The summed E-state index contributed by atoms with van der Waals surface area (Å²) >= 11 is 1.44. The standard InChI is InChI=1S/C24H28N4O2S/c1-26-23(29)22(16-18-10-11-28(17-18)20-4-2-3-5-20)31-24(26)25-19-6-8-21(9-7-19)27-12-14-30-15-13-27/h6-11,16-17,20H,2-5,12-15H2,1H3/b22-16+,25-24?. The molecule has 0 atom stereocenters. The van der Waals surface area contributed by atoms with Crippen molar-refractivity contribution in [2.75, 3.05) is 38.3 Å². The number of carbonyl (C=O) groups excluding carboxylic acids is 1. The normalized spacial score (nSPS) is 22.9. The average Bonchev–Trinajstić information content (AvgIpc) is 3.54. The molecule has 162 valence electrons. The van der Waals surface area contributed by atoms with Gasteiger partial charge in [-0.1, -0.05) is 12.8 Å². The molecule has 1 aliphatic carbocycles. The Hall–Kier alpha value is -2.51. The Morgan fingerprint density at radius 2 is 1.84 bits per heavy atom. The summed E-state index contributed by atoms with van der Waals surface area (Å²) in [5.41, 5.74) is 3.11. The first-order valence-electron chi connectivity index (χ1n) is 11.0. The van der Waals surface area contributed by atoms with E-state index >= 15 is 0 Å². The van der Waals surface area contributed by atoms with E-state index in [1.54, 1.807) is 11.9 Å². The van der Waals surface area contributed by atoms with Crippen LogP contribution >= 0.6 is 11.8 Å². The number of amides is 1. The van der Waals surface area contributed by atoms with Crippen molar-refractivity contribution in [3.05, 3.63) is 53.2 Å². The molecular weight excluding hydrogens is 408 g/mol. The molecule has 2 aliphatic heterocycles. The van der Waals surface area contributed by atoms with Gasteiger partial charge in [-0.3, -0.25) is 9.69 Å². The SMILES string of the molecule is CN1C(=O)/C(=C\c2ccn(C3CCCC3)c2)SC1=Nc1ccc(N2CCOCC2)cc1. The molecule has 31 heavy (non-hydrogen) atoms. The number of nitrogens with zero attached hydrogens (tertiary/aromatic N) is 4. The second kappa shape index (κ2) is 8.93. The zero-order valence-electron chi connectivity index (χ0n) is 17.9. The number of ether oxygens (including phenoxy) is 1. The summed E-state index contributed by atoms with van der Waals surface area (Å²) in [6.07, 6.45) is 11.4. The highest BCUT2D eigenvalue weighted by atomic mass is 32.2. The molecule has 6 nitrogen and oxygen atoms in total. The molecule has 0 bridgehead atoms. The van der Waals surface area contributed by atoms with Crippen LogP contribution in [-0.2, 0) is 9.53 Å². The van der Waals surface area contributed by atoms with Gasteiger partial charge in [0.15, 0.2) is 5.17 Å². The molecule has 2 saturated heterocycles. The van der Waals surface area contributed by atoms with E-state index < -0.39 is 0 Å². The Bertz CT molecular complexity index is 999. The van der Waals surface area contributed by atoms with Crippen LogP contribution in [0.5, 0.6) is 0 Å². The minimum absolute atomic E-state index is 0.00213. The lowest BCUT2D eigenvalue weighted by Gasteiger charge is -2.28. The number of aromatic nitrogens is 1. The summed E-state index contributed by atoms with van der Waals surface area (Å²) in [4.78, 5) is 22.2. The Morgan fingerprint density at radius 3 is 2.58 bits per heavy atom. The van der Waals surface area contributed by atoms with Gasteiger partial charge in [0.25, 0.3) is 5.91 Å². The Morgan fingerprint density at radius 1 is 1.10 bits per heavy atom. The van der Waals surface area contributed by atoms with Crippen molar-refractivity contribution in [3.8, 4) is 0 Å². The van der Waals surface area contributed by atoms with Gasteiger partial charge in [0.1, 0.15) is 0 Å². The van der Waals surface area contributed by atoms with E-state index in [1.807, 2.05) is 18.2 Å². The zero-order valence-corrected chi connectivity index (χ0v) is 18.7. The van der Waals surface area contributed by atoms with E-state index in [-0.39, 0.29) is 5.91 Å². The van der Waals surface area contributed by atoms with E-state index in [2.05, 4.69) is 40.1 Å².